The summed E-state index contributed by atoms with van der Waals surface area (Å²) >= 11 is 1.40. The summed E-state index contributed by atoms with van der Waals surface area (Å²) in [6, 6.07) is 6.30. The molecule has 0 saturated carbocycles. The Morgan fingerprint density at radius 3 is 2.88 bits per heavy atom. The van der Waals surface area contributed by atoms with Crippen molar-refractivity contribution in [1.29, 1.82) is 0 Å². The van der Waals surface area contributed by atoms with E-state index in [1.165, 1.54) is 30.2 Å². The number of nitrogens with zero attached hydrogens (tertiary/aromatic N) is 1. The first-order valence-electron chi connectivity index (χ1n) is 5.24. The van der Waals surface area contributed by atoms with Crippen molar-refractivity contribution in [3.63, 3.8) is 0 Å². The first kappa shape index (κ1) is 12.1. The molecule has 2 rings (SSSR count). The summed E-state index contributed by atoms with van der Waals surface area (Å²) in [5.74, 6) is -0.263. The van der Waals surface area contributed by atoms with Gasteiger partial charge in [0.15, 0.2) is 0 Å². The largest absolute Gasteiger partial charge is 0.440 e. The molecule has 1 aromatic carbocycles. The van der Waals surface area contributed by atoms with E-state index in [0.29, 0.717) is 5.22 Å². The molecule has 1 aromatic heterocycles. The van der Waals surface area contributed by atoms with Gasteiger partial charge in [0.1, 0.15) is 12.1 Å². The Labute approximate surface area is 103 Å². The summed E-state index contributed by atoms with van der Waals surface area (Å²) in [6.07, 6.45) is 3.08. The minimum absolute atomic E-state index is 0.0793. The molecule has 0 bridgehead atoms. The van der Waals surface area contributed by atoms with E-state index in [1.54, 1.807) is 12.3 Å². The van der Waals surface area contributed by atoms with Gasteiger partial charge in [0, 0.05) is 6.04 Å². The van der Waals surface area contributed by atoms with Crippen molar-refractivity contribution in [1.82, 2.24) is 4.98 Å². The Kier molecular flexibility index (Phi) is 3.81. The first-order valence-corrected chi connectivity index (χ1v) is 6.12. The van der Waals surface area contributed by atoms with Crippen LogP contribution in [0.25, 0.3) is 0 Å². The Morgan fingerprint density at radius 2 is 2.29 bits per heavy atom. The topological polar surface area (TPSA) is 52.0 Å². The van der Waals surface area contributed by atoms with E-state index in [4.69, 9.17) is 10.2 Å². The molecule has 0 spiro atoms. The Bertz CT molecular complexity index is 473. The second-order valence-electron chi connectivity index (χ2n) is 3.75. The molecule has 0 aliphatic rings. The van der Waals surface area contributed by atoms with Gasteiger partial charge >= 0.3 is 0 Å². The average molecular weight is 252 g/mol. The predicted molar refractivity (Wildman–Crippen MR) is 65.2 cm³/mol. The van der Waals surface area contributed by atoms with Crippen LogP contribution >= 0.6 is 11.8 Å². The van der Waals surface area contributed by atoms with Gasteiger partial charge in [-0.05, 0) is 24.6 Å². The normalized spacial score (nSPS) is 14.5. The van der Waals surface area contributed by atoms with Crippen LogP contribution in [0.15, 0.2) is 46.4 Å². The van der Waals surface area contributed by atoms with Gasteiger partial charge < -0.3 is 10.2 Å². The first-order chi connectivity index (χ1) is 8.16. The molecule has 3 nitrogen and oxygen atoms in total. The summed E-state index contributed by atoms with van der Waals surface area (Å²) in [5.41, 5.74) is 6.76. The van der Waals surface area contributed by atoms with Crippen LogP contribution in [0.5, 0.6) is 0 Å². The average Bonchev–Trinajstić information content (AvgIpc) is 2.78. The van der Waals surface area contributed by atoms with Gasteiger partial charge in [-0.1, -0.05) is 23.9 Å². The molecule has 17 heavy (non-hydrogen) atoms. The molecule has 2 aromatic rings. The third kappa shape index (κ3) is 3.08. The minimum atomic E-state index is -0.263. The Morgan fingerprint density at radius 1 is 1.47 bits per heavy atom. The predicted octanol–water partition coefficient (Wildman–Crippen LogP) is 2.99. The molecule has 2 unspecified atom stereocenters. The van der Waals surface area contributed by atoms with Crippen molar-refractivity contribution >= 4 is 11.8 Å². The number of nitrogens with two attached hydrogens (primary N) is 1. The van der Waals surface area contributed by atoms with Crippen molar-refractivity contribution < 1.29 is 8.81 Å². The van der Waals surface area contributed by atoms with Crippen LogP contribution in [0.4, 0.5) is 4.39 Å². The van der Waals surface area contributed by atoms with Crippen molar-refractivity contribution in [3.8, 4) is 0 Å². The van der Waals surface area contributed by atoms with Crippen LogP contribution in [0, 0.1) is 5.82 Å². The molecule has 0 aliphatic heterocycles. The minimum Gasteiger partial charge on any atom is -0.440 e. The smallest absolute Gasteiger partial charge is 0.256 e. The van der Waals surface area contributed by atoms with Crippen LogP contribution in [0.2, 0.25) is 0 Å². The molecule has 0 amide bonds. The fourth-order valence-electron chi connectivity index (χ4n) is 1.54. The maximum atomic E-state index is 13.2. The molecule has 0 aliphatic carbocycles. The molecule has 2 N–H and O–H groups in total. The Hall–Kier alpha value is -1.33. The monoisotopic (exact) mass is 252 g/mol. The maximum Gasteiger partial charge on any atom is 0.256 e. The summed E-state index contributed by atoms with van der Waals surface area (Å²) < 4.78 is 18.3. The summed E-state index contributed by atoms with van der Waals surface area (Å²) in [7, 11) is 0. The third-order valence-corrected chi connectivity index (χ3v) is 3.65. The van der Waals surface area contributed by atoms with E-state index < -0.39 is 0 Å². The van der Waals surface area contributed by atoms with Gasteiger partial charge in [-0.25, -0.2) is 9.37 Å². The number of aromatic nitrogens is 1. The zero-order valence-corrected chi connectivity index (χ0v) is 10.2. The number of hydrogen-bond donors (Lipinski definition) is 1. The SMILES string of the molecule is CC(N)C(Sc1ncco1)c1cccc(F)c1. The van der Waals surface area contributed by atoms with Crippen LogP contribution in [-0.2, 0) is 0 Å². The number of benzene rings is 1. The van der Waals surface area contributed by atoms with E-state index in [0.717, 1.165) is 5.56 Å². The summed E-state index contributed by atoms with van der Waals surface area (Å²) in [5, 5.41) is 0.459. The lowest BCUT2D eigenvalue weighted by molar-refractivity contribution is 0.452. The molecule has 0 fully saturated rings. The van der Waals surface area contributed by atoms with Crippen LogP contribution in [0.1, 0.15) is 17.7 Å². The number of hydrogen-bond acceptors (Lipinski definition) is 4. The molecule has 0 saturated heterocycles. The number of halogens is 1. The van der Waals surface area contributed by atoms with E-state index in [-0.39, 0.29) is 17.1 Å². The van der Waals surface area contributed by atoms with E-state index in [2.05, 4.69) is 4.98 Å². The lowest BCUT2D eigenvalue weighted by Crippen LogP contribution is -2.22. The lowest BCUT2D eigenvalue weighted by Gasteiger charge is -2.18. The van der Waals surface area contributed by atoms with Gasteiger partial charge in [0.05, 0.1) is 11.4 Å². The van der Waals surface area contributed by atoms with Crippen LogP contribution in [0.3, 0.4) is 0 Å². The molecular weight excluding hydrogens is 239 g/mol. The van der Waals surface area contributed by atoms with Crippen LogP contribution in [-0.4, -0.2) is 11.0 Å². The molecule has 2 atom stereocenters. The number of rotatable bonds is 4. The van der Waals surface area contributed by atoms with Gasteiger partial charge in [-0.15, -0.1) is 0 Å². The summed E-state index contributed by atoms with van der Waals surface area (Å²) in [4.78, 5) is 4.03. The zero-order valence-electron chi connectivity index (χ0n) is 9.34. The molecule has 5 heteroatoms. The maximum absolute atomic E-state index is 13.2. The highest BCUT2D eigenvalue weighted by Gasteiger charge is 2.20. The van der Waals surface area contributed by atoms with E-state index in [9.17, 15) is 4.39 Å². The third-order valence-electron chi connectivity index (χ3n) is 2.29. The Balaban J connectivity index is 2.23. The second kappa shape index (κ2) is 5.33. The molecule has 0 radical (unpaired) electrons. The molecule has 1 heterocycles. The fourth-order valence-corrected chi connectivity index (χ4v) is 2.49. The van der Waals surface area contributed by atoms with Crippen molar-refractivity contribution in [2.75, 3.05) is 0 Å². The standard InChI is InChI=1S/C12H13FN2OS/c1-8(14)11(17-12-15-5-6-16-12)9-3-2-4-10(13)7-9/h2-8,11H,14H2,1H3. The van der Waals surface area contributed by atoms with Crippen molar-refractivity contribution in [2.24, 2.45) is 5.73 Å². The highest BCUT2D eigenvalue weighted by Crippen LogP contribution is 2.36. The van der Waals surface area contributed by atoms with Gasteiger partial charge in [0.25, 0.3) is 5.22 Å². The second-order valence-corrected chi connectivity index (χ2v) is 4.84. The number of oxazole rings is 1. The van der Waals surface area contributed by atoms with E-state index >= 15 is 0 Å². The quantitative estimate of drug-likeness (QED) is 0.850. The fraction of sp³-hybridized carbons (Fsp3) is 0.250. The van der Waals surface area contributed by atoms with Crippen molar-refractivity contribution in [2.45, 2.75) is 23.4 Å². The highest BCUT2D eigenvalue weighted by molar-refractivity contribution is 7.99. The van der Waals surface area contributed by atoms with Crippen LogP contribution < -0.4 is 5.73 Å². The van der Waals surface area contributed by atoms with Gasteiger partial charge in [-0.3, -0.25) is 0 Å². The number of thioether (sulfide) groups is 1. The van der Waals surface area contributed by atoms with E-state index in [1.807, 2.05) is 13.0 Å². The summed E-state index contributed by atoms with van der Waals surface area (Å²) in [6.45, 7) is 1.88. The molecule has 90 valence electrons. The zero-order chi connectivity index (χ0) is 12.3. The highest BCUT2D eigenvalue weighted by atomic mass is 32.2. The van der Waals surface area contributed by atoms with Gasteiger partial charge in [-0.2, -0.15) is 0 Å². The van der Waals surface area contributed by atoms with Crippen molar-refractivity contribution in [3.05, 3.63) is 48.1 Å². The molecular formula is C12H13FN2OS. The lowest BCUT2D eigenvalue weighted by atomic mass is 10.1. The van der Waals surface area contributed by atoms with Gasteiger partial charge in [0.2, 0.25) is 0 Å².